The van der Waals surface area contributed by atoms with Gasteiger partial charge in [-0.05, 0) is 55.5 Å². The number of likely N-dealkylation sites (tertiary alicyclic amines) is 1. The number of methoxy groups -OCH3 is 2. The topological polar surface area (TPSA) is 144 Å². The van der Waals surface area contributed by atoms with Gasteiger partial charge in [0.15, 0.2) is 0 Å². The van der Waals surface area contributed by atoms with Gasteiger partial charge in [-0.1, -0.05) is 54.6 Å². The van der Waals surface area contributed by atoms with E-state index in [-0.39, 0.29) is 50.4 Å². The lowest BCUT2D eigenvalue weighted by molar-refractivity contribution is -0.162. The Balaban J connectivity index is 1.43. The molecule has 2 fully saturated rings. The molecule has 266 valence electrons. The van der Waals surface area contributed by atoms with Crippen molar-refractivity contribution in [3.63, 3.8) is 0 Å². The van der Waals surface area contributed by atoms with E-state index in [9.17, 15) is 24.3 Å². The molecule has 7 atom stereocenters. The fourth-order valence-corrected chi connectivity index (χ4v) is 7.66. The van der Waals surface area contributed by atoms with Gasteiger partial charge >= 0.3 is 5.97 Å². The van der Waals surface area contributed by atoms with Crippen LogP contribution in [0.1, 0.15) is 43.8 Å². The van der Waals surface area contributed by atoms with Gasteiger partial charge in [0.05, 0.1) is 31.8 Å². The van der Waals surface area contributed by atoms with Crippen LogP contribution < -0.4 is 15.0 Å². The highest BCUT2D eigenvalue weighted by Gasteiger charge is 2.73. The predicted octanol–water partition coefficient (Wildman–Crippen LogP) is 3.11. The van der Waals surface area contributed by atoms with Gasteiger partial charge in [-0.2, -0.15) is 0 Å². The Morgan fingerprint density at radius 3 is 2.46 bits per heavy atom. The van der Waals surface area contributed by atoms with Crippen LogP contribution in [0.2, 0.25) is 0 Å². The first kappa shape index (κ1) is 35.3. The van der Waals surface area contributed by atoms with Crippen molar-refractivity contribution in [2.75, 3.05) is 45.4 Å². The molecule has 4 aliphatic heterocycles. The standard InChI is InChI=1S/C38H45N3O9/c1-47-24-28-33(25-12-6-3-7-13-25)49-37(46)31-29-19-20-38(50-29)32(31)35(44)41(22-10-5-11-23-42)34(38)36(45)40(21-9-4-8-14-30(43)39-28)26-15-17-27(48-2)18-16-26/h3-4,6-7,9,12-13,15-20,28-29,31-34,42H,5,8,10-11,14,21-24H2,1-2H3,(H,39,43)/b9-4-/t28-,29+,31-,32-,33-,34+,38-/m1/s1. The molecule has 2 N–H and O–H groups in total. The van der Waals surface area contributed by atoms with Crippen LogP contribution in [0.5, 0.6) is 5.75 Å². The number of amides is 3. The van der Waals surface area contributed by atoms with Gasteiger partial charge in [0.2, 0.25) is 11.8 Å². The molecule has 0 unspecified atom stereocenters. The van der Waals surface area contributed by atoms with Gasteiger partial charge < -0.3 is 39.2 Å². The summed E-state index contributed by atoms with van der Waals surface area (Å²) in [5.74, 6) is -3.04. The monoisotopic (exact) mass is 687 g/mol. The van der Waals surface area contributed by atoms with E-state index in [4.69, 9.17) is 18.9 Å². The summed E-state index contributed by atoms with van der Waals surface area (Å²) in [6.45, 7) is 0.505. The minimum absolute atomic E-state index is 0.0228. The zero-order valence-electron chi connectivity index (χ0n) is 28.4. The molecule has 1 spiro atoms. The third-order valence-corrected chi connectivity index (χ3v) is 10.0. The Morgan fingerprint density at radius 2 is 1.74 bits per heavy atom. The van der Waals surface area contributed by atoms with Crippen LogP contribution in [-0.4, -0.2) is 98.0 Å². The first-order valence-corrected chi connectivity index (χ1v) is 17.3. The number of anilines is 1. The van der Waals surface area contributed by atoms with Crippen LogP contribution in [0.3, 0.4) is 0 Å². The van der Waals surface area contributed by atoms with Crippen LogP contribution in [-0.2, 0) is 33.4 Å². The largest absolute Gasteiger partial charge is 0.497 e. The summed E-state index contributed by atoms with van der Waals surface area (Å²) >= 11 is 0. The maximum absolute atomic E-state index is 14.9. The number of aliphatic hydroxyl groups is 1. The highest BCUT2D eigenvalue weighted by molar-refractivity contribution is 6.05. The number of nitrogens with zero attached hydrogens (tertiary/aromatic N) is 2. The molecule has 12 heteroatoms. The second kappa shape index (κ2) is 15.6. The molecule has 2 aromatic carbocycles. The fraction of sp³-hybridized carbons (Fsp3) is 0.474. The van der Waals surface area contributed by atoms with Gasteiger partial charge in [0.1, 0.15) is 29.4 Å². The maximum atomic E-state index is 14.9. The number of fused-ring (bicyclic) bond motifs is 2. The average Bonchev–Trinajstić information content (AvgIpc) is 3.77. The fourth-order valence-electron chi connectivity index (χ4n) is 7.66. The number of ether oxygens (including phenoxy) is 4. The molecule has 50 heavy (non-hydrogen) atoms. The lowest BCUT2D eigenvalue weighted by Gasteiger charge is -2.36. The van der Waals surface area contributed by atoms with Crippen molar-refractivity contribution in [3.8, 4) is 5.75 Å². The molecule has 0 saturated carbocycles. The molecule has 12 nitrogen and oxygen atoms in total. The highest BCUT2D eigenvalue weighted by Crippen LogP contribution is 2.56. The Labute approximate surface area is 292 Å². The van der Waals surface area contributed by atoms with E-state index in [1.54, 1.807) is 53.3 Å². The number of hydrogen-bond acceptors (Lipinski definition) is 9. The van der Waals surface area contributed by atoms with Crippen molar-refractivity contribution in [1.82, 2.24) is 10.2 Å². The Bertz CT molecular complexity index is 1600. The van der Waals surface area contributed by atoms with Gasteiger partial charge in [-0.3, -0.25) is 19.2 Å². The minimum atomic E-state index is -1.40. The van der Waals surface area contributed by atoms with Gasteiger partial charge in [-0.25, -0.2) is 0 Å². The Kier molecular flexibility index (Phi) is 11.0. The molecule has 6 rings (SSSR count). The minimum Gasteiger partial charge on any atom is -0.497 e. The first-order chi connectivity index (χ1) is 24.3. The number of nitrogens with one attached hydrogen (secondary N) is 1. The summed E-state index contributed by atoms with van der Waals surface area (Å²) in [6, 6.07) is 14.4. The van der Waals surface area contributed by atoms with E-state index < -0.39 is 47.7 Å². The molecular formula is C38H45N3O9. The number of cyclic esters (lactones) is 1. The Hall–Kier alpha value is -4.52. The number of aliphatic hydroxyl groups excluding tert-OH is 1. The molecule has 0 radical (unpaired) electrons. The van der Waals surface area contributed by atoms with Gasteiger partial charge in [-0.15, -0.1) is 0 Å². The number of carbonyl (C=O) groups is 4. The third kappa shape index (κ3) is 6.79. The molecule has 2 aromatic rings. The SMILES string of the molecule is COC[C@H]1NC(=O)CC/C=C\CN(c2ccc(OC)cc2)C(=O)[C@@H]2N(CCCCCO)C(=O)[C@H]3[C@H](C(=O)O[C@@H]1c1ccccc1)[C@@H]1C=C[C@]23O1. The molecule has 5 bridgehead atoms. The zero-order chi connectivity index (χ0) is 35.3. The quantitative estimate of drug-likeness (QED) is 0.219. The number of unbranched alkanes of at least 4 members (excludes halogenated alkanes) is 2. The first-order valence-electron chi connectivity index (χ1n) is 17.3. The van der Waals surface area contributed by atoms with E-state index in [2.05, 4.69) is 5.32 Å². The normalized spacial score (nSPS) is 30.3. The average molecular weight is 688 g/mol. The van der Waals surface area contributed by atoms with Crippen LogP contribution >= 0.6 is 0 Å². The van der Waals surface area contributed by atoms with Crippen molar-refractivity contribution in [2.24, 2.45) is 11.8 Å². The summed E-state index contributed by atoms with van der Waals surface area (Å²) in [5, 5.41) is 12.4. The number of allylic oxidation sites excluding steroid dienone is 1. The van der Waals surface area contributed by atoms with Crippen molar-refractivity contribution >= 4 is 29.4 Å². The van der Waals surface area contributed by atoms with Crippen LogP contribution in [0.4, 0.5) is 5.69 Å². The number of carbonyl (C=O) groups excluding carboxylic acids is 4. The number of hydrogen-bond donors (Lipinski definition) is 2. The molecule has 4 aliphatic rings. The smallest absolute Gasteiger partial charge is 0.313 e. The number of esters is 1. The van der Waals surface area contributed by atoms with E-state index >= 15 is 0 Å². The van der Waals surface area contributed by atoms with Gasteiger partial charge in [0.25, 0.3) is 5.91 Å². The summed E-state index contributed by atoms with van der Waals surface area (Å²) in [7, 11) is 3.07. The lowest BCUT2D eigenvalue weighted by atomic mass is 9.74. The maximum Gasteiger partial charge on any atom is 0.313 e. The van der Waals surface area contributed by atoms with Crippen molar-refractivity contribution in [1.29, 1.82) is 0 Å². The molecule has 3 amide bonds. The van der Waals surface area contributed by atoms with E-state index in [0.717, 1.165) is 0 Å². The van der Waals surface area contributed by atoms with Crippen molar-refractivity contribution in [3.05, 3.63) is 84.5 Å². The van der Waals surface area contributed by atoms with Crippen molar-refractivity contribution < 1.29 is 43.2 Å². The highest BCUT2D eigenvalue weighted by atomic mass is 16.6. The summed E-state index contributed by atoms with van der Waals surface area (Å²) in [6.07, 6.45) is 7.83. The van der Waals surface area contributed by atoms with Crippen LogP contribution in [0, 0.1) is 11.8 Å². The van der Waals surface area contributed by atoms with E-state index in [0.29, 0.717) is 42.7 Å². The molecule has 2 saturated heterocycles. The third-order valence-electron chi connectivity index (χ3n) is 10.0. The summed E-state index contributed by atoms with van der Waals surface area (Å²) in [4.78, 5) is 60.2. The van der Waals surface area contributed by atoms with Crippen LogP contribution in [0.25, 0.3) is 0 Å². The molecule has 0 aromatic heterocycles. The van der Waals surface area contributed by atoms with Crippen LogP contribution in [0.15, 0.2) is 78.9 Å². The van der Waals surface area contributed by atoms with E-state index in [1.807, 2.05) is 42.5 Å². The Morgan fingerprint density at radius 1 is 0.960 bits per heavy atom. The van der Waals surface area contributed by atoms with Gasteiger partial charge in [0, 0.05) is 38.9 Å². The molecular weight excluding hydrogens is 642 g/mol. The van der Waals surface area contributed by atoms with Crippen molar-refractivity contribution in [2.45, 2.75) is 62.0 Å². The number of rotatable bonds is 10. The molecule has 4 heterocycles. The number of benzene rings is 2. The second-order valence-electron chi connectivity index (χ2n) is 13.1. The summed E-state index contributed by atoms with van der Waals surface area (Å²) < 4.78 is 23.7. The lowest BCUT2D eigenvalue weighted by Crippen LogP contribution is -2.56. The zero-order valence-corrected chi connectivity index (χ0v) is 28.4. The summed E-state index contributed by atoms with van der Waals surface area (Å²) in [5.41, 5.74) is -0.157. The van der Waals surface area contributed by atoms with E-state index in [1.165, 1.54) is 7.11 Å². The predicted molar refractivity (Wildman–Crippen MR) is 183 cm³/mol. The molecule has 0 aliphatic carbocycles. The second-order valence-corrected chi connectivity index (χ2v) is 13.1.